The fourth-order valence-electron chi connectivity index (χ4n) is 5.13. The first-order valence-electron chi connectivity index (χ1n) is 13.8. The molecule has 2 fully saturated rings. The van der Waals surface area contributed by atoms with Crippen LogP contribution in [-0.4, -0.2) is 79.9 Å². The van der Waals surface area contributed by atoms with Gasteiger partial charge in [-0.2, -0.15) is 5.26 Å². The lowest BCUT2D eigenvalue weighted by Gasteiger charge is -2.37. The van der Waals surface area contributed by atoms with E-state index < -0.39 is 17.5 Å². The molecule has 0 spiro atoms. The van der Waals surface area contributed by atoms with Gasteiger partial charge in [-0.15, -0.1) is 0 Å². The van der Waals surface area contributed by atoms with Crippen LogP contribution in [0.2, 0.25) is 0 Å². The minimum atomic E-state index is -1.13. The van der Waals surface area contributed by atoms with Crippen LogP contribution in [0.5, 0.6) is 0 Å². The molecule has 216 valence electrons. The maximum atomic E-state index is 13.9. The molecule has 0 radical (unpaired) electrons. The summed E-state index contributed by atoms with van der Waals surface area (Å²) in [4.78, 5) is 45.0. The standard InChI is InChI=1S/C31H30F2N6O3/c32-25-8-6-23(18-26(25)33)29(40)36-27-19-24(31(42)38-12-1-10-35-11-13-38)7-9-28(27)37-14-16-39(17-15-37)30(41)22-4-2-21(20-34)3-5-22/h2-9,18-19,35H,1,10-17H2,(H,36,40). The number of halogens is 2. The third kappa shape index (κ3) is 6.39. The van der Waals surface area contributed by atoms with Crippen LogP contribution in [0.4, 0.5) is 20.2 Å². The Balaban J connectivity index is 1.37. The van der Waals surface area contributed by atoms with Gasteiger partial charge < -0.3 is 25.3 Å². The molecule has 3 aromatic rings. The Hall–Kier alpha value is -4.82. The smallest absolute Gasteiger partial charge is 0.255 e. The molecule has 9 nitrogen and oxygen atoms in total. The summed E-state index contributed by atoms with van der Waals surface area (Å²) in [5.41, 5.74) is 2.31. The number of hydrogen-bond donors (Lipinski definition) is 2. The van der Waals surface area contributed by atoms with Gasteiger partial charge in [-0.1, -0.05) is 0 Å². The summed E-state index contributed by atoms with van der Waals surface area (Å²) in [5, 5.41) is 15.1. The summed E-state index contributed by atoms with van der Waals surface area (Å²) in [6, 6.07) is 16.5. The lowest BCUT2D eigenvalue weighted by Crippen LogP contribution is -2.49. The molecule has 2 N–H and O–H groups in total. The third-order valence-corrected chi connectivity index (χ3v) is 7.47. The molecule has 3 amide bonds. The van der Waals surface area contributed by atoms with Crippen LogP contribution in [0.15, 0.2) is 60.7 Å². The number of nitrogens with one attached hydrogen (secondary N) is 2. The Morgan fingerprint density at radius 1 is 0.738 bits per heavy atom. The Kier molecular flexibility index (Phi) is 8.74. The Labute approximate surface area is 242 Å². The second-order valence-corrected chi connectivity index (χ2v) is 10.2. The second kappa shape index (κ2) is 12.8. The van der Waals surface area contributed by atoms with Crippen molar-refractivity contribution in [1.82, 2.24) is 15.1 Å². The molecule has 2 heterocycles. The molecule has 0 unspecified atom stereocenters. The van der Waals surface area contributed by atoms with Crippen LogP contribution in [0.3, 0.4) is 0 Å². The molecule has 11 heteroatoms. The second-order valence-electron chi connectivity index (χ2n) is 10.2. The van der Waals surface area contributed by atoms with Crippen molar-refractivity contribution in [2.24, 2.45) is 0 Å². The van der Waals surface area contributed by atoms with Crippen LogP contribution in [0.1, 0.15) is 43.1 Å². The lowest BCUT2D eigenvalue weighted by atomic mass is 10.1. The van der Waals surface area contributed by atoms with Crippen LogP contribution < -0.4 is 15.5 Å². The van der Waals surface area contributed by atoms with Gasteiger partial charge in [0, 0.05) is 62.5 Å². The monoisotopic (exact) mass is 572 g/mol. The van der Waals surface area contributed by atoms with E-state index in [1.165, 1.54) is 6.07 Å². The van der Waals surface area contributed by atoms with Crippen molar-refractivity contribution in [2.45, 2.75) is 6.42 Å². The van der Waals surface area contributed by atoms with E-state index >= 15 is 0 Å². The van der Waals surface area contributed by atoms with Crippen molar-refractivity contribution >= 4 is 29.1 Å². The minimum Gasteiger partial charge on any atom is -0.366 e. The number of benzene rings is 3. The number of nitriles is 1. The van der Waals surface area contributed by atoms with Crippen LogP contribution >= 0.6 is 0 Å². The predicted molar refractivity (Wildman–Crippen MR) is 153 cm³/mol. The normalized spacial score (nSPS) is 15.5. The van der Waals surface area contributed by atoms with Gasteiger partial charge in [-0.3, -0.25) is 14.4 Å². The number of piperazine rings is 1. The lowest BCUT2D eigenvalue weighted by molar-refractivity contribution is 0.0743. The highest BCUT2D eigenvalue weighted by atomic mass is 19.2. The SMILES string of the molecule is N#Cc1ccc(C(=O)N2CCN(c3ccc(C(=O)N4CCCNCC4)cc3NC(=O)c3ccc(F)c(F)c3)CC2)cc1. The van der Waals surface area contributed by atoms with Gasteiger partial charge in [-0.25, -0.2) is 8.78 Å². The first-order chi connectivity index (χ1) is 20.3. The molecule has 42 heavy (non-hydrogen) atoms. The van der Waals surface area contributed by atoms with Crippen molar-refractivity contribution in [3.05, 3.63) is 94.6 Å². The van der Waals surface area contributed by atoms with Crippen molar-refractivity contribution in [3.63, 3.8) is 0 Å². The Morgan fingerprint density at radius 3 is 2.12 bits per heavy atom. The molecule has 0 atom stereocenters. The van der Waals surface area contributed by atoms with Crippen LogP contribution in [0, 0.1) is 23.0 Å². The summed E-state index contributed by atoms with van der Waals surface area (Å²) in [5.74, 6) is -3.14. The molecule has 2 aliphatic heterocycles. The van der Waals surface area contributed by atoms with Gasteiger partial charge >= 0.3 is 0 Å². The molecule has 0 aliphatic carbocycles. The topological polar surface area (TPSA) is 109 Å². The van der Waals surface area contributed by atoms with E-state index in [1.54, 1.807) is 52.3 Å². The van der Waals surface area contributed by atoms with Crippen LogP contribution in [0.25, 0.3) is 0 Å². The highest BCUT2D eigenvalue weighted by molar-refractivity contribution is 6.07. The zero-order valence-electron chi connectivity index (χ0n) is 22.9. The van der Waals surface area contributed by atoms with Gasteiger partial charge in [0.1, 0.15) is 0 Å². The molecular formula is C31H30F2N6O3. The Bertz CT molecular complexity index is 1520. The fourth-order valence-corrected chi connectivity index (χ4v) is 5.13. The number of rotatable bonds is 5. The number of carbonyl (C=O) groups is 3. The molecule has 0 saturated carbocycles. The summed E-state index contributed by atoms with van der Waals surface area (Å²) in [7, 11) is 0. The fraction of sp³-hybridized carbons (Fsp3) is 0.290. The summed E-state index contributed by atoms with van der Waals surface area (Å²) >= 11 is 0. The molecule has 2 aliphatic rings. The zero-order chi connectivity index (χ0) is 29.6. The third-order valence-electron chi connectivity index (χ3n) is 7.47. The number of nitrogens with zero attached hydrogens (tertiary/aromatic N) is 4. The summed E-state index contributed by atoms with van der Waals surface area (Å²) in [6.45, 7) is 4.44. The van der Waals surface area contributed by atoms with E-state index in [-0.39, 0.29) is 17.4 Å². The van der Waals surface area contributed by atoms with Gasteiger partial charge in [0.2, 0.25) is 0 Å². The quantitative estimate of drug-likeness (QED) is 0.485. The van der Waals surface area contributed by atoms with Crippen molar-refractivity contribution in [1.29, 1.82) is 5.26 Å². The minimum absolute atomic E-state index is 0.0620. The maximum Gasteiger partial charge on any atom is 0.255 e. The molecule has 2 saturated heterocycles. The molecule has 5 rings (SSSR count). The molecular weight excluding hydrogens is 542 g/mol. The van der Waals surface area contributed by atoms with Gasteiger partial charge in [0.25, 0.3) is 17.7 Å². The van der Waals surface area contributed by atoms with E-state index in [9.17, 15) is 23.2 Å². The van der Waals surface area contributed by atoms with Gasteiger partial charge in [-0.05, 0) is 73.6 Å². The highest BCUT2D eigenvalue weighted by Gasteiger charge is 2.26. The van der Waals surface area contributed by atoms with Gasteiger partial charge in [0.05, 0.1) is 23.0 Å². The number of hydrogen-bond acceptors (Lipinski definition) is 6. The predicted octanol–water partition coefficient (Wildman–Crippen LogP) is 3.49. The highest BCUT2D eigenvalue weighted by Crippen LogP contribution is 2.30. The van der Waals surface area contributed by atoms with Crippen molar-refractivity contribution < 1.29 is 23.2 Å². The average molecular weight is 573 g/mol. The number of carbonyl (C=O) groups excluding carboxylic acids is 3. The van der Waals surface area contributed by atoms with Crippen molar-refractivity contribution in [2.75, 3.05) is 62.6 Å². The zero-order valence-corrected chi connectivity index (χ0v) is 22.9. The molecule has 0 bridgehead atoms. The van der Waals surface area contributed by atoms with Crippen LogP contribution in [-0.2, 0) is 0 Å². The summed E-state index contributed by atoms with van der Waals surface area (Å²) in [6.07, 6.45) is 0.828. The number of amides is 3. The molecule has 0 aromatic heterocycles. The first-order valence-corrected chi connectivity index (χ1v) is 13.8. The maximum absolute atomic E-state index is 13.9. The van der Waals surface area contributed by atoms with E-state index in [0.717, 1.165) is 25.1 Å². The van der Waals surface area contributed by atoms with Crippen molar-refractivity contribution in [3.8, 4) is 6.07 Å². The van der Waals surface area contributed by atoms with E-state index in [0.29, 0.717) is 73.9 Å². The Morgan fingerprint density at radius 2 is 1.40 bits per heavy atom. The average Bonchev–Trinajstić information content (AvgIpc) is 3.31. The van der Waals surface area contributed by atoms with E-state index in [2.05, 4.69) is 10.6 Å². The van der Waals surface area contributed by atoms with E-state index in [1.807, 2.05) is 11.0 Å². The summed E-state index contributed by atoms with van der Waals surface area (Å²) < 4.78 is 27.3. The van der Waals surface area contributed by atoms with Gasteiger partial charge in [0.15, 0.2) is 11.6 Å². The number of anilines is 2. The van der Waals surface area contributed by atoms with E-state index in [4.69, 9.17) is 5.26 Å². The molecule has 3 aromatic carbocycles. The largest absolute Gasteiger partial charge is 0.366 e. The first kappa shape index (κ1) is 28.7.